The number of carbonyl (C=O) groups is 2. The molecular weight excluding hydrogens is 488 g/mol. The summed E-state index contributed by atoms with van der Waals surface area (Å²) in [5, 5.41) is 9.41. The first-order chi connectivity index (χ1) is 18.1. The zero-order chi connectivity index (χ0) is 25.6. The van der Waals surface area contributed by atoms with Crippen LogP contribution in [0.1, 0.15) is 15.9 Å². The van der Waals surface area contributed by atoms with Crippen molar-refractivity contribution in [1.82, 2.24) is 15.1 Å². The highest BCUT2D eigenvalue weighted by molar-refractivity contribution is 6.30. The minimum atomic E-state index is -0.0757. The number of amides is 1. The summed E-state index contributed by atoms with van der Waals surface area (Å²) in [6.45, 7) is 2.43. The Labute approximate surface area is 220 Å². The molecule has 186 valence electrons. The molecule has 1 aromatic heterocycles. The Bertz CT molecular complexity index is 1350. The molecule has 0 spiro atoms. The molecule has 1 aliphatic rings. The fourth-order valence-electron chi connectivity index (χ4n) is 4.15. The largest absolute Gasteiger partial charge is 0.484 e. The Balaban J connectivity index is 1.10. The predicted molar refractivity (Wildman–Crippen MR) is 143 cm³/mol. The van der Waals surface area contributed by atoms with E-state index in [9.17, 15) is 9.59 Å². The summed E-state index contributed by atoms with van der Waals surface area (Å²) >= 11 is 5.96. The summed E-state index contributed by atoms with van der Waals surface area (Å²) in [5.41, 5.74) is 2.94. The minimum Gasteiger partial charge on any atom is -0.484 e. The monoisotopic (exact) mass is 512 g/mol. The highest BCUT2D eigenvalue weighted by Crippen LogP contribution is 2.21. The molecule has 0 saturated carbocycles. The second-order valence-corrected chi connectivity index (χ2v) is 9.10. The van der Waals surface area contributed by atoms with E-state index in [1.165, 1.54) is 0 Å². The van der Waals surface area contributed by atoms with E-state index in [0.717, 1.165) is 17.1 Å². The molecule has 1 saturated heterocycles. The van der Waals surface area contributed by atoms with Crippen molar-refractivity contribution in [1.29, 1.82) is 0 Å². The minimum absolute atomic E-state index is 0.0505. The molecule has 7 nitrogen and oxygen atoms in total. The van der Waals surface area contributed by atoms with Gasteiger partial charge < -0.3 is 14.5 Å². The highest BCUT2D eigenvalue weighted by atomic mass is 35.5. The number of halogens is 1. The molecule has 0 unspecified atom stereocenters. The van der Waals surface area contributed by atoms with Gasteiger partial charge in [-0.1, -0.05) is 54.1 Å². The number of ketones is 1. The molecule has 1 aliphatic heterocycles. The Hall–Kier alpha value is -4.23. The van der Waals surface area contributed by atoms with Gasteiger partial charge >= 0.3 is 0 Å². The van der Waals surface area contributed by atoms with Crippen molar-refractivity contribution >= 4 is 29.1 Å². The molecule has 0 N–H and O–H groups in total. The molecule has 1 amide bonds. The van der Waals surface area contributed by atoms with Crippen LogP contribution in [0.4, 0.5) is 5.82 Å². The van der Waals surface area contributed by atoms with E-state index < -0.39 is 0 Å². The summed E-state index contributed by atoms with van der Waals surface area (Å²) in [6.07, 6.45) is 0. The molecule has 0 atom stereocenters. The maximum Gasteiger partial charge on any atom is 0.260 e. The zero-order valence-corrected chi connectivity index (χ0v) is 20.8. The third-order valence-electron chi connectivity index (χ3n) is 6.26. The second kappa shape index (κ2) is 11.2. The standard InChI is InChI=1S/C29H25ClN4O3/c30-24-10-6-21(7-11-24)26-14-15-27(32-31-26)33-16-18-34(19-17-33)28(35)20-37-25-12-8-23(9-13-25)29(36)22-4-2-1-3-5-22/h1-15H,16-20H2. The summed E-state index contributed by atoms with van der Waals surface area (Å²) in [6, 6.07) is 27.4. The number of hydrogen-bond donors (Lipinski definition) is 0. The van der Waals surface area contributed by atoms with Gasteiger partial charge in [-0.3, -0.25) is 9.59 Å². The normalized spacial score (nSPS) is 13.3. The van der Waals surface area contributed by atoms with E-state index in [1.807, 2.05) is 54.6 Å². The number of nitrogens with zero attached hydrogens (tertiary/aromatic N) is 4. The number of piperazine rings is 1. The molecule has 0 aliphatic carbocycles. The van der Waals surface area contributed by atoms with Crippen molar-refractivity contribution < 1.29 is 14.3 Å². The van der Waals surface area contributed by atoms with Gasteiger partial charge in [0.1, 0.15) is 5.75 Å². The van der Waals surface area contributed by atoms with Crippen molar-refractivity contribution in [2.45, 2.75) is 0 Å². The summed E-state index contributed by atoms with van der Waals surface area (Å²) < 4.78 is 5.69. The fourth-order valence-corrected chi connectivity index (χ4v) is 4.27. The lowest BCUT2D eigenvalue weighted by Crippen LogP contribution is -2.50. The first-order valence-electron chi connectivity index (χ1n) is 12.0. The average molecular weight is 513 g/mol. The number of ether oxygens (including phenoxy) is 1. The number of hydrogen-bond acceptors (Lipinski definition) is 6. The molecular formula is C29H25ClN4O3. The number of aromatic nitrogens is 2. The second-order valence-electron chi connectivity index (χ2n) is 8.66. The van der Waals surface area contributed by atoms with Crippen LogP contribution in [0.25, 0.3) is 11.3 Å². The van der Waals surface area contributed by atoms with E-state index in [0.29, 0.717) is 48.1 Å². The maximum absolute atomic E-state index is 12.7. The quantitative estimate of drug-likeness (QED) is 0.332. The van der Waals surface area contributed by atoms with Gasteiger partial charge in [0.05, 0.1) is 5.69 Å². The molecule has 0 radical (unpaired) electrons. The predicted octanol–water partition coefficient (Wildman–Crippen LogP) is 4.76. The Morgan fingerprint density at radius 1 is 0.757 bits per heavy atom. The van der Waals surface area contributed by atoms with Crippen LogP contribution in [0.2, 0.25) is 5.02 Å². The van der Waals surface area contributed by atoms with Crippen LogP contribution < -0.4 is 9.64 Å². The third-order valence-corrected chi connectivity index (χ3v) is 6.51. The van der Waals surface area contributed by atoms with Gasteiger partial charge in [-0.15, -0.1) is 10.2 Å². The van der Waals surface area contributed by atoms with Gasteiger partial charge in [0.15, 0.2) is 18.2 Å². The van der Waals surface area contributed by atoms with Crippen molar-refractivity contribution in [2.24, 2.45) is 0 Å². The van der Waals surface area contributed by atoms with Gasteiger partial charge in [0, 0.05) is 47.9 Å². The van der Waals surface area contributed by atoms with Crippen molar-refractivity contribution in [3.8, 4) is 17.0 Å². The molecule has 5 rings (SSSR count). The molecule has 3 aromatic carbocycles. The SMILES string of the molecule is O=C(c1ccccc1)c1ccc(OCC(=O)N2CCN(c3ccc(-c4ccc(Cl)cc4)nn3)CC2)cc1. The smallest absolute Gasteiger partial charge is 0.260 e. The van der Waals surface area contributed by atoms with Crippen molar-refractivity contribution in [3.05, 3.63) is 107 Å². The number of anilines is 1. The Morgan fingerprint density at radius 2 is 1.43 bits per heavy atom. The molecule has 2 heterocycles. The van der Waals surface area contributed by atoms with E-state index in [-0.39, 0.29) is 18.3 Å². The maximum atomic E-state index is 12.7. The number of carbonyl (C=O) groups excluding carboxylic acids is 2. The summed E-state index contributed by atoms with van der Waals surface area (Å²) in [5.74, 6) is 1.21. The number of rotatable bonds is 7. The fraction of sp³-hybridized carbons (Fsp3) is 0.172. The molecule has 8 heteroatoms. The van der Waals surface area contributed by atoms with E-state index in [2.05, 4.69) is 15.1 Å². The molecule has 37 heavy (non-hydrogen) atoms. The summed E-state index contributed by atoms with van der Waals surface area (Å²) in [7, 11) is 0. The Morgan fingerprint density at radius 3 is 2.08 bits per heavy atom. The lowest BCUT2D eigenvalue weighted by Gasteiger charge is -2.35. The summed E-state index contributed by atoms with van der Waals surface area (Å²) in [4.78, 5) is 29.1. The lowest BCUT2D eigenvalue weighted by atomic mass is 10.0. The third kappa shape index (κ3) is 5.95. The molecule has 4 aromatic rings. The van der Waals surface area contributed by atoms with Crippen LogP contribution in [0.5, 0.6) is 5.75 Å². The van der Waals surface area contributed by atoms with Crippen LogP contribution in [-0.4, -0.2) is 59.6 Å². The first-order valence-corrected chi connectivity index (χ1v) is 12.4. The van der Waals surface area contributed by atoms with Crippen LogP contribution in [0.3, 0.4) is 0 Å². The van der Waals surface area contributed by atoms with Gasteiger partial charge in [-0.05, 0) is 48.5 Å². The van der Waals surface area contributed by atoms with E-state index in [1.54, 1.807) is 41.3 Å². The number of benzene rings is 3. The topological polar surface area (TPSA) is 75.6 Å². The van der Waals surface area contributed by atoms with E-state index in [4.69, 9.17) is 16.3 Å². The van der Waals surface area contributed by atoms with Crippen LogP contribution in [0.15, 0.2) is 91.0 Å². The van der Waals surface area contributed by atoms with Gasteiger partial charge in [-0.25, -0.2) is 0 Å². The Kier molecular flexibility index (Phi) is 7.42. The molecule has 0 bridgehead atoms. The zero-order valence-electron chi connectivity index (χ0n) is 20.1. The van der Waals surface area contributed by atoms with Gasteiger partial charge in [0.2, 0.25) is 0 Å². The van der Waals surface area contributed by atoms with Crippen molar-refractivity contribution in [3.63, 3.8) is 0 Å². The highest BCUT2D eigenvalue weighted by Gasteiger charge is 2.22. The van der Waals surface area contributed by atoms with Crippen molar-refractivity contribution in [2.75, 3.05) is 37.7 Å². The van der Waals surface area contributed by atoms with Crippen LogP contribution in [0, 0.1) is 0 Å². The lowest BCUT2D eigenvalue weighted by molar-refractivity contribution is -0.133. The van der Waals surface area contributed by atoms with Crippen LogP contribution in [-0.2, 0) is 4.79 Å². The average Bonchev–Trinajstić information content (AvgIpc) is 2.97. The van der Waals surface area contributed by atoms with Crippen LogP contribution >= 0.6 is 11.6 Å². The van der Waals surface area contributed by atoms with Gasteiger partial charge in [-0.2, -0.15) is 0 Å². The van der Waals surface area contributed by atoms with Gasteiger partial charge in [0.25, 0.3) is 5.91 Å². The first kappa shape index (κ1) is 24.5. The van der Waals surface area contributed by atoms with E-state index >= 15 is 0 Å². The molecule has 1 fully saturated rings.